The van der Waals surface area contributed by atoms with Crippen molar-refractivity contribution in [1.82, 2.24) is 5.32 Å². The van der Waals surface area contributed by atoms with E-state index in [2.05, 4.69) is 13.7 Å². The molecule has 264 valence electrons. The molecule has 45 heavy (non-hydrogen) atoms. The van der Waals surface area contributed by atoms with Gasteiger partial charge in [-0.2, -0.15) is 16.8 Å². The summed E-state index contributed by atoms with van der Waals surface area (Å²) in [4.78, 5) is 11.9. The van der Waals surface area contributed by atoms with Crippen molar-refractivity contribution in [3.05, 3.63) is 0 Å². The smallest absolute Gasteiger partial charge is 0.394 e. The van der Waals surface area contributed by atoms with Gasteiger partial charge in [0.25, 0.3) is 0 Å². The fourth-order valence-corrected chi connectivity index (χ4v) is 5.96. The molecule has 0 aromatic carbocycles. The van der Waals surface area contributed by atoms with Gasteiger partial charge < -0.3 is 69.9 Å². The fourth-order valence-electron chi connectivity index (χ4n) is 4.94. The van der Waals surface area contributed by atoms with E-state index in [1.165, 1.54) is 0 Å². The van der Waals surface area contributed by atoms with Crippen LogP contribution in [0.1, 0.15) is 6.92 Å². The second-order valence-electron chi connectivity index (χ2n) is 10.1. The molecule has 23 nitrogen and oxygen atoms in total. The molecule has 1 amide bonds. The highest BCUT2D eigenvalue weighted by atomic mass is 32.3. The monoisotopic (exact) mass is 705 g/mol. The van der Waals surface area contributed by atoms with Crippen molar-refractivity contribution >= 4 is 26.7 Å². The van der Waals surface area contributed by atoms with Crippen molar-refractivity contribution in [2.45, 2.75) is 99.0 Å². The predicted molar refractivity (Wildman–Crippen MR) is 134 cm³/mol. The number of aliphatic hydroxyl groups excluding tert-OH is 8. The van der Waals surface area contributed by atoms with E-state index in [1.807, 2.05) is 0 Å². The lowest BCUT2D eigenvalue weighted by atomic mass is 9.95. The number of aliphatic hydroxyl groups is 8. The molecular weight excluding hydrogens is 670 g/mol. The van der Waals surface area contributed by atoms with Gasteiger partial charge in [0.05, 0.1) is 19.8 Å². The van der Waals surface area contributed by atoms with Gasteiger partial charge >= 0.3 is 20.8 Å². The summed E-state index contributed by atoms with van der Waals surface area (Å²) in [7, 11) is -10.9. The first-order valence-electron chi connectivity index (χ1n) is 12.9. The van der Waals surface area contributed by atoms with Crippen molar-refractivity contribution in [3.63, 3.8) is 0 Å². The summed E-state index contributed by atoms with van der Waals surface area (Å²) in [6, 6.07) is -1.90. The van der Waals surface area contributed by atoms with Crippen molar-refractivity contribution in [2.24, 2.45) is 0 Å². The average molecular weight is 706 g/mol. The third-order valence-electron chi connectivity index (χ3n) is 6.91. The molecule has 3 aliphatic heterocycles. The minimum Gasteiger partial charge on any atom is -0.394 e. The minimum atomic E-state index is -5.50. The Hall–Kier alpha value is -1.31. The molecule has 0 radical (unpaired) electrons. The van der Waals surface area contributed by atoms with Crippen molar-refractivity contribution in [2.75, 3.05) is 19.8 Å². The van der Waals surface area contributed by atoms with E-state index in [4.69, 9.17) is 23.7 Å². The molecule has 0 saturated carbocycles. The number of carbonyl (C=O) groups is 1. The third kappa shape index (κ3) is 9.41. The number of hydrogen-bond donors (Lipinski definition) is 11. The Kier molecular flexibility index (Phi) is 12.9. The Morgan fingerprint density at radius 3 is 1.64 bits per heavy atom. The molecule has 15 atom stereocenters. The van der Waals surface area contributed by atoms with Crippen molar-refractivity contribution in [1.29, 1.82) is 0 Å². The largest absolute Gasteiger partial charge is 0.397 e. The molecule has 3 fully saturated rings. The minimum absolute atomic E-state index is 0.918. The molecule has 11 N–H and O–H groups in total. The Labute approximate surface area is 254 Å². The van der Waals surface area contributed by atoms with Crippen molar-refractivity contribution in [3.8, 4) is 0 Å². The van der Waals surface area contributed by atoms with Gasteiger partial charge in [-0.3, -0.25) is 13.9 Å². The fraction of sp³-hybridized carbons (Fsp3) is 0.950. The molecule has 0 bridgehead atoms. The van der Waals surface area contributed by atoms with E-state index in [-0.39, 0.29) is 0 Å². The van der Waals surface area contributed by atoms with Crippen LogP contribution in [0.3, 0.4) is 0 Å². The standard InChI is InChI=1S/C20H35NO22S2/c1-5(25)21-9-16(42-44(31,32)33)10(26)6(2-22)38-19(9)41-15-8(4-24)39-20(13(29)17(15)43-45(34,35)36)40-14-7(3-23)37-18(30)12(28)11(14)27/h6-20,22-24,26-30H,2-4H2,1H3,(H,21,25)(H,31,32,33)(H,34,35,36)/t6-,7-,8-,9-,10+,11-,12-,13-,14-,15+,16-,17-,18?,19+,20+/m1/s1. The maximum absolute atomic E-state index is 11.9. The number of carbonyl (C=O) groups excluding carboxylic acids is 1. The molecule has 0 aromatic rings. The van der Waals surface area contributed by atoms with Crippen LogP contribution in [0.5, 0.6) is 0 Å². The Balaban J connectivity index is 1.99. The first-order chi connectivity index (χ1) is 20.8. The van der Waals surface area contributed by atoms with Gasteiger partial charge in [-0.1, -0.05) is 0 Å². The van der Waals surface area contributed by atoms with Crippen LogP contribution in [0, 0.1) is 0 Å². The van der Waals surface area contributed by atoms with Crippen LogP contribution in [-0.4, -0.2) is 185 Å². The Morgan fingerprint density at radius 1 is 0.644 bits per heavy atom. The van der Waals surface area contributed by atoms with Crippen LogP contribution in [0.4, 0.5) is 0 Å². The molecule has 3 aliphatic rings. The Bertz CT molecular complexity index is 1200. The van der Waals surface area contributed by atoms with Gasteiger partial charge in [0.1, 0.15) is 73.2 Å². The van der Waals surface area contributed by atoms with Crippen LogP contribution in [0.25, 0.3) is 0 Å². The van der Waals surface area contributed by atoms with E-state index in [0.29, 0.717) is 0 Å². The SMILES string of the molecule is CC(=O)N[C@H]1[C@H](O[C@@H]2[C@H](OS(=O)(=O)O)[C@@H](O)[C@H](O[C@H]3[C@H](O)[C@@H](O)C(O)O[C@@H]3CO)O[C@@H]2CO)O[C@H](CO)[C@H](O)[C@@H]1OS(=O)(=O)O. The lowest BCUT2D eigenvalue weighted by Gasteiger charge is -2.49. The molecule has 3 rings (SSSR count). The van der Waals surface area contributed by atoms with E-state index in [9.17, 15) is 71.6 Å². The van der Waals surface area contributed by atoms with Gasteiger partial charge in [0.15, 0.2) is 18.9 Å². The van der Waals surface area contributed by atoms with E-state index in [1.54, 1.807) is 0 Å². The van der Waals surface area contributed by atoms with Gasteiger partial charge in [-0.25, -0.2) is 8.37 Å². The lowest BCUT2D eigenvalue weighted by molar-refractivity contribution is -0.369. The van der Waals surface area contributed by atoms with Crippen LogP contribution >= 0.6 is 0 Å². The first-order valence-corrected chi connectivity index (χ1v) is 15.6. The Morgan fingerprint density at radius 2 is 1.13 bits per heavy atom. The molecule has 3 heterocycles. The summed E-state index contributed by atoms with van der Waals surface area (Å²) in [5, 5.41) is 83.0. The zero-order valence-electron chi connectivity index (χ0n) is 23.0. The number of amides is 1. The molecule has 1 unspecified atom stereocenters. The molecule has 3 saturated heterocycles. The molecule has 0 aromatic heterocycles. The zero-order chi connectivity index (χ0) is 34.0. The topological polar surface area (TPSA) is 364 Å². The van der Waals surface area contributed by atoms with Crippen LogP contribution in [-0.2, 0) is 57.6 Å². The summed E-state index contributed by atoms with van der Waals surface area (Å²) < 4.78 is 101. The zero-order valence-corrected chi connectivity index (χ0v) is 24.6. The summed E-state index contributed by atoms with van der Waals surface area (Å²) >= 11 is 0. The maximum Gasteiger partial charge on any atom is 0.397 e. The number of hydrogen-bond acceptors (Lipinski definition) is 20. The van der Waals surface area contributed by atoms with E-state index < -0.39 is 139 Å². The summed E-state index contributed by atoms with van der Waals surface area (Å²) in [6.45, 7) is -2.19. The summed E-state index contributed by atoms with van der Waals surface area (Å²) in [5.41, 5.74) is 0. The van der Waals surface area contributed by atoms with Gasteiger partial charge in [-0.15, -0.1) is 0 Å². The summed E-state index contributed by atoms with van der Waals surface area (Å²) in [6.07, 6.45) is -28.1. The molecular formula is C20H35NO22S2. The maximum atomic E-state index is 11.9. The lowest BCUT2D eigenvalue weighted by Crippen LogP contribution is -2.69. The van der Waals surface area contributed by atoms with Crippen LogP contribution < -0.4 is 5.32 Å². The van der Waals surface area contributed by atoms with Crippen molar-refractivity contribution < 1.29 is 104 Å². The number of ether oxygens (including phenoxy) is 5. The summed E-state index contributed by atoms with van der Waals surface area (Å²) in [5.74, 6) is -0.923. The first kappa shape index (κ1) is 38.1. The third-order valence-corrected chi connectivity index (χ3v) is 7.84. The highest BCUT2D eigenvalue weighted by molar-refractivity contribution is 7.81. The predicted octanol–water partition coefficient (Wildman–Crippen LogP) is -7.78. The van der Waals surface area contributed by atoms with Gasteiger partial charge in [-0.05, 0) is 0 Å². The van der Waals surface area contributed by atoms with E-state index in [0.717, 1.165) is 6.92 Å². The van der Waals surface area contributed by atoms with Crippen LogP contribution in [0.2, 0.25) is 0 Å². The van der Waals surface area contributed by atoms with E-state index >= 15 is 0 Å². The second-order valence-corrected chi connectivity index (χ2v) is 12.2. The molecule has 25 heteroatoms. The van der Waals surface area contributed by atoms with Gasteiger partial charge in [0.2, 0.25) is 5.91 Å². The highest BCUT2D eigenvalue weighted by Crippen LogP contribution is 2.34. The average Bonchev–Trinajstić information content (AvgIpc) is 2.93. The van der Waals surface area contributed by atoms with Crippen LogP contribution in [0.15, 0.2) is 0 Å². The number of rotatable bonds is 12. The second kappa shape index (κ2) is 15.3. The molecule has 0 aliphatic carbocycles. The quantitative estimate of drug-likeness (QED) is 0.0840. The van der Waals surface area contributed by atoms with Gasteiger partial charge in [0, 0.05) is 6.92 Å². The normalized spacial score (nSPS) is 43.1. The highest BCUT2D eigenvalue weighted by Gasteiger charge is 2.56. The number of nitrogens with one attached hydrogen (secondary N) is 1. The molecule has 0 spiro atoms.